The van der Waals surface area contributed by atoms with E-state index in [2.05, 4.69) is 36.3 Å². The van der Waals surface area contributed by atoms with Gasteiger partial charge in [-0.25, -0.2) is 10.4 Å². The van der Waals surface area contributed by atoms with Gasteiger partial charge in [-0.3, -0.25) is 9.89 Å². The number of hydrazine groups is 1. The van der Waals surface area contributed by atoms with Gasteiger partial charge in [-0.15, -0.1) is 0 Å². The second-order valence-electron chi connectivity index (χ2n) is 6.83. The Kier molecular flexibility index (Phi) is 3.58. The van der Waals surface area contributed by atoms with E-state index in [1.165, 1.54) is 0 Å². The Labute approximate surface area is 150 Å². The second-order valence-corrected chi connectivity index (χ2v) is 6.83. The van der Waals surface area contributed by atoms with Crippen LogP contribution in [0.15, 0.2) is 30.1 Å². The van der Waals surface area contributed by atoms with Gasteiger partial charge in [0.15, 0.2) is 0 Å². The lowest BCUT2D eigenvalue weighted by atomic mass is 9.94. The van der Waals surface area contributed by atoms with Crippen LogP contribution in [0.5, 0.6) is 0 Å². The van der Waals surface area contributed by atoms with Gasteiger partial charge in [0.1, 0.15) is 11.2 Å². The summed E-state index contributed by atoms with van der Waals surface area (Å²) >= 11 is 0. The number of carbonyl (C=O) groups excluding carboxylic acids is 1. The van der Waals surface area contributed by atoms with Gasteiger partial charge in [0.25, 0.3) is 0 Å². The maximum Gasteiger partial charge on any atom is 0.250 e. The Morgan fingerprint density at radius 2 is 2.04 bits per heavy atom. The molecule has 1 unspecified atom stereocenters. The van der Waals surface area contributed by atoms with Crippen LogP contribution < -0.4 is 16.2 Å². The first-order valence-corrected chi connectivity index (χ1v) is 8.40. The fourth-order valence-corrected chi connectivity index (χ4v) is 3.19. The Bertz CT molecular complexity index is 1030. The number of anilines is 1. The molecule has 0 spiro atoms. The summed E-state index contributed by atoms with van der Waals surface area (Å²) in [5.74, 6) is -0.144. The molecule has 1 atom stereocenters. The number of carbonyl (C=O) groups is 1. The standard InChI is InChI=1S/C18H21N7O/c1-9-7-20-25-18(9,4)17(26)21-13-5-12-6-14(22-16(12)19-8-13)15-10(2)23-24-11(15)3/h5-8,20,25H,1-4H3,(H,19,22)(H,21,26)(H,23,24). The van der Waals surface area contributed by atoms with Crippen LogP contribution in [-0.2, 0) is 4.79 Å². The zero-order chi connectivity index (χ0) is 18.5. The van der Waals surface area contributed by atoms with E-state index in [4.69, 9.17) is 0 Å². The highest BCUT2D eigenvalue weighted by Gasteiger charge is 2.37. The van der Waals surface area contributed by atoms with Crippen LogP contribution in [0.2, 0.25) is 0 Å². The maximum atomic E-state index is 12.7. The summed E-state index contributed by atoms with van der Waals surface area (Å²) < 4.78 is 0. The zero-order valence-electron chi connectivity index (χ0n) is 15.1. The molecule has 26 heavy (non-hydrogen) atoms. The van der Waals surface area contributed by atoms with E-state index < -0.39 is 5.54 Å². The van der Waals surface area contributed by atoms with Crippen molar-refractivity contribution in [1.82, 2.24) is 31.0 Å². The molecule has 1 amide bonds. The lowest BCUT2D eigenvalue weighted by Crippen LogP contribution is -2.52. The number of nitrogens with zero attached hydrogens (tertiary/aromatic N) is 2. The minimum absolute atomic E-state index is 0.144. The average molecular weight is 351 g/mol. The molecule has 0 bridgehead atoms. The molecule has 0 fully saturated rings. The predicted octanol–water partition coefficient (Wildman–Crippen LogP) is 2.28. The molecular weight excluding hydrogens is 330 g/mol. The highest BCUT2D eigenvalue weighted by atomic mass is 16.2. The number of fused-ring (bicyclic) bond motifs is 1. The van der Waals surface area contributed by atoms with Crippen molar-refractivity contribution in [3.8, 4) is 11.3 Å². The molecule has 0 radical (unpaired) electrons. The van der Waals surface area contributed by atoms with Crippen molar-refractivity contribution < 1.29 is 4.79 Å². The van der Waals surface area contributed by atoms with E-state index in [9.17, 15) is 4.79 Å². The first kappa shape index (κ1) is 16.3. The predicted molar refractivity (Wildman–Crippen MR) is 100 cm³/mol. The van der Waals surface area contributed by atoms with Crippen LogP contribution in [0.4, 0.5) is 5.69 Å². The molecule has 5 N–H and O–H groups in total. The minimum atomic E-state index is -0.788. The molecule has 0 aromatic carbocycles. The molecule has 134 valence electrons. The number of hydrogen-bond acceptors (Lipinski definition) is 5. The highest BCUT2D eigenvalue weighted by Crippen LogP contribution is 2.29. The van der Waals surface area contributed by atoms with Gasteiger partial charge >= 0.3 is 0 Å². The van der Waals surface area contributed by atoms with E-state index in [-0.39, 0.29) is 5.91 Å². The molecule has 3 aromatic rings. The van der Waals surface area contributed by atoms with Gasteiger partial charge in [0.05, 0.1) is 23.3 Å². The first-order valence-electron chi connectivity index (χ1n) is 8.40. The molecule has 8 heteroatoms. The van der Waals surface area contributed by atoms with Crippen LogP contribution in [-0.4, -0.2) is 31.6 Å². The van der Waals surface area contributed by atoms with Crippen LogP contribution in [0.1, 0.15) is 25.2 Å². The molecule has 0 aliphatic carbocycles. The van der Waals surface area contributed by atoms with Crippen molar-refractivity contribution in [2.45, 2.75) is 33.2 Å². The fourth-order valence-electron chi connectivity index (χ4n) is 3.19. The third kappa shape index (κ3) is 2.46. The van der Waals surface area contributed by atoms with Gasteiger partial charge in [-0.2, -0.15) is 5.10 Å². The van der Waals surface area contributed by atoms with Gasteiger partial charge < -0.3 is 15.7 Å². The Morgan fingerprint density at radius 3 is 2.69 bits per heavy atom. The van der Waals surface area contributed by atoms with Gasteiger partial charge in [0, 0.05) is 22.8 Å². The van der Waals surface area contributed by atoms with Crippen LogP contribution >= 0.6 is 0 Å². The summed E-state index contributed by atoms with van der Waals surface area (Å²) in [6.45, 7) is 7.68. The van der Waals surface area contributed by atoms with E-state index in [0.717, 1.165) is 39.3 Å². The number of rotatable bonds is 3. The van der Waals surface area contributed by atoms with Gasteiger partial charge in [0.2, 0.25) is 5.91 Å². The Balaban J connectivity index is 1.64. The lowest BCUT2D eigenvalue weighted by Gasteiger charge is -2.24. The molecule has 0 saturated carbocycles. The van der Waals surface area contributed by atoms with E-state index in [1.54, 1.807) is 12.4 Å². The third-order valence-corrected chi connectivity index (χ3v) is 4.98. The number of amides is 1. The molecule has 4 heterocycles. The van der Waals surface area contributed by atoms with E-state index >= 15 is 0 Å². The molecule has 0 saturated heterocycles. The molecule has 1 aliphatic heterocycles. The van der Waals surface area contributed by atoms with Crippen molar-refractivity contribution in [2.24, 2.45) is 0 Å². The monoisotopic (exact) mass is 351 g/mol. The summed E-state index contributed by atoms with van der Waals surface area (Å²) in [4.78, 5) is 20.4. The van der Waals surface area contributed by atoms with Gasteiger partial charge in [-0.1, -0.05) is 0 Å². The van der Waals surface area contributed by atoms with Crippen LogP contribution in [0.25, 0.3) is 22.3 Å². The van der Waals surface area contributed by atoms with Crippen molar-refractivity contribution in [1.29, 1.82) is 0 Å². The summed E-state index contributed by atoms with van der Waals surface area (Å²) in [6, 6.07) is 3.93. The highest BCUT2D eigenvalue weighted by molar-refractivity contribution is 6.01. The number of hydrogen-bond donors (Lipinski definition) is 5. The third-order valence-electron chi connectivity index (χ3n) is 4.98. The second kappa shape index (κ2) is 5.70. The van der Waals surface area contributed by atoms with Crippen molar-refractivity contribution in [3.05, 3.63) is 41.5 Å². The van der Waals surface area contributed by atoms with Crippen molar-refractivity contribution in [3.63, 3.8) is 0 Å². The molecule has 8 nitrogen and oxygen atoms in total. The molecule has 3 aromatic heterocycles. The number of H-pyrrole nitrogens is 2. The lowest BCUT2D eigenvalue weighted by molar-refractivity contribution is -0.120. The number of pyridine rings is 1. The molecule has 1 aliphatic rings. The number of aromatic amines is 2. The van der Waals surface area contributed by atoms with Crippen molar-refractivity contribution in [2.75, 3.05) is 5.32 Å². The number of aryl methyl sites for hydroxylation is 2. The molecular formula is C18H21N7O. The minimum Gasteiger partial charge on any atom is -0.339 e. The quantitative estimate of drug-likeness (QED) is 0.497. The maximum absolute atomic E-state index is 12.7. The Hall–Kier alpha value is -3.13. The topological polar surface area (TPSA) is 111 Å². The summed E-state index contributed by atoms with van der Waals surface area (Å²) in [6.07, 6.45) is 3.44. The van der Waals surface area contributed by atoms with Gasteiger partial charge in [-0.05, 0) is 45.4 Å². The molecule has 4 rings (SSSR count). The zero-order valence-corrected chi connectivity index (χ0v) is 15.1. The van der Waals surface area contributed by atoms with E-state index in [0.29, 0.717) is 5.69 Å². The number of aromatic nitrogens is 4. The smallest absolute Gasteiger partial charge is 0.250 e. The SMILES string of the molecule is CC1=CNNC1(C)C(=O)Nc1cnc2[nH]c(-c3c(C)n[nH]c3C)cc2c1. The number of nitrogens with one attached hydrogen (secondary N) is 5. The van der Waals surface area contributed by atoms with Crippen molar-refractivity contribution >= 4 is 22.6 Å². The normalized spacial score (nSPS) is 19.5. The van der Waals surface area contributed by atoms with E-state index in [1.807, 2.05) is 39.8 Å². The summed E-state index contributed by atoms with van der Waals surface area (Å²) in [7, 11) is 0. The first-order chi connectivity index (χ1) is 12.4. The van der Waals surface area contributed by atoms with Crippen LogP contribution in [0, 0.1) is 13.8 Å². The largest absolute Gasteiger partial charge is 0.339 e. The average Bonchev–Trinajstić information content (AvgIpc) is 3.26. The summed E-state index contributed by atoms with van der Waals surface area (Å²) in [5.41, 5.74) is 11.3. The Morgan fingerprint density at radius 1 is 1.23 bits per heavy atom. The fraction of sp³-hybridized carbons (Fsp3) is 0.278. The summed E-state index contributed by atoms with van der Waals surface area (Å²) in [5, 5.41) is 11.1. The van der Waals surface area contributed by atoms with Crippen LogP contribution in [0.3, 0.4) is 0 Å².